The van der Waals surface area contributed by atoms with Crippen molar-refractivity contribution in [3.05, 3.63) is 23.7 Å². The number of nitrogens with zero attached hydrogens (tertiary/aromatic N) is 3. The normalized spacial score (nSPS) is 21.7. The first kappa shape index (κ1) is 16.5. The number of aromatic nitrogens is 2. The maximum absolute atomic E-state index is 13.0. The average molecular weight is 343 g/mol. The fraction of sp³-hybridized carbons (Fsp3) is 0.500. The second kappa shape index (κ2) is 5.93. The van der Waals surface area contributed by atoms with E-state index in [4.69, 9.17) is 5.84 Å². The van der Waals surface area contributed by atoms with Gasteiger partial charge in [-0.1, -0.05) is 0 Å². The van der Waals surface area contributed by atoms with Crippen molar-refractivity contribution >= 4 is 17.9 Å². The molecule has 0 aromatic carbocycles. The number of hydrogen-bond acceptors (Lipinski definition) is 4. The van der Waals surface area contributed by atoms with Crippen LogP contribution in [-0.2, 0) is 16.1 Å². The number of hydrogen-bond donors (Lipinski definition) is 2. The first-order valence-electron chi connectivity index (χ1n) is 7.43. The Bertz CT molecular complexity index is 693. The number of amides is 2. The smallest absolute Gasteiger partial charge is 0.339 e. The molecule has 3 rings (SSSR count). The molecule has 0 spiro atoms. The Morgan fingerprint density at radius 2 is 2.17 bits per heavy atom. The summed E-state index contributed by atoms with van der Waals surface area (Å²) in [5.74, 6) is 4.93. The molecular formula is C14H16F3N5O2. The second-order valence-corrected chi connectivity index (χ2v) is 5.98. The summed E-state index contributed by atoms with van der Waals surface area (Å²) in [6, 6.07) is -0.514. The van der Waals surface area contributed by atoms with Crippen LogP contribution in [0.15, 0.2) is 18.0 Å². The summed E-state index contributed by atoms with van der Waals surface area (Å²) in [6.45, 7) is 0.678. The van der Waals surface area contributed by atoms with Gasteiger partial charge in [0.1, 0.15) is 11.7 Å². The van der Waals surface area contributed by atoms with Crippen molar-refractivity contribution in [3.8, 4) is 0 Å². The minimum atomic E-state index is -4.61. The molecule has 1 fully saturated rings. The first-order valence-corrected chi connectivity index (χ1v) is 7.43. The molecule has 7 nitrogen and oxygen atoms in total. The van der Waals surface area contributed by atoms with Crippen LogP contribution in [0, 0.1) is 5.92 Å². The van der Waals surface area contributed by atoms with Crippen LogP contribution in [0.3, 0.4) is 0 Å². The van der Waals surface area contributed by atoms with Gasteiger partial charge in [-0.25, -0.2) is 10.9 Å². The molecule has 3 N–H and O–H groups in total. The fourth-order valence-electron chi connectivity index (χ4n) is 2.65. The van der Waals surface area contributed by atoms with Gasteiger partial charge in [-0.3, -0.25) is 14.3 Å². The molecule has 1 aliphatic carbocycles. The van der Waals surface area contributed by atoms with Gasteiger partial charge in [0.2, 0.25) is 6.41 Å². The summed E-state index contributed by atoms with van der Waals surface area (Å²) in [5.41, 5.74) is -0.0977. The van der Waals surface area contributed by atoms with Crippen LogP contribution in [-0.4, -0.2) is 39.3 Å². The van der Waals surface area contributed by atoms with Crippen molar-refractivity contribution in [2.24, 2.45) is 11.8 Å². The second-order valence-electron chi connectivity index (χ2n) is 5.98. The number of rotatable bonds is 5. The van der Waals surface area contributed by atoms with Gasteiger partial charge in [0.15, 0.2) is 0 Å². The summed E-state index contributed by atoms with van der Waals surface area (Å²) >= 11 is 0. The highest BCUT2D eigenvalue weighted by molar-refractivity contribution is 6.03. The maximum Gasteiger partial charge on any atom is 0.408 e. The van der Waals surface area contributed by atoms with E-state index in [2.05, 4.69) is 5.10 Å². The fourth-order valence-corrected chi connectivity index (χ4v) is 2.65. The number of hydrazine groups is 1. The number of carbonyl (C=O) groups is 2. The average Bonchev–Trinajstić information content (AvgIpc) is 3.20. The SMILES string of the molecule is NN(C=O)C1=C(c2ccn(CC3CC3)n2)CC(C(F)(F)F)NC1=O. The molecule has 2 amide bonds. The quantitative estimate of drug-likeness (QED) is 0.358. The number of carbonyl (C=O) groups excluding carboxylic acids is 2. The molecule has 2 aliphatic rings. The van der Waals surface area contributed by atoms with Crippen LogP contribution in [0.2, 0.25) is 0 Å². The number of alkyl halides is 3. The predicted molar refractivity (Wildman–Crippen MR) is 76.6 cm³/mol. The van der Waals surface area contributed by atoms with Gasteiger partial charge < -0.3 is 5.32 Å². The van der Waals surface area contributed by atoms with Gasteiger partial charge in [0.25, 0.3) is 5.91 Å². The Kier molecular flexibility index (Phi) is 4.08. The third-order valence-corrected chi connectivity index (χ3v) is 4.07. The lowest BCUT2D eigenvalue weighted by Gasteiger charge is -2.30. The van der Waals surface area contributed by atoms with Crippen LogP contribution >= 0.6 is 0 Å². The van der Waals surface area contributed by atoms with Crippen molar-refractivity contribution in [3.63, 3.8) is 0 Å². The van der Waals surface area contributed by atoms with Crippen molar-refractivity contribution in [2.75, 3.05) is 0 Å². The van der Waals surface area contributed by atoms with Crippen molar-refractivity contribution in [1.82, 2.24) is 20.1 Å². The van der Waals surface area contributed by atoms with Crippen molar-refractivity contribution in [1.29, 1.82) is 0 Å². The summed E-state index contributed by atoms with van der Waals surface area (Å²) in [6.07, 6.45) is -1.12. The summed E-state index contributed by atoms with van der Waals surface area (Å²) in [7, 11) is 0. The molecule has 10 heteroatoms. The highest BCUT2D eigenvalue weighted by atomic mass is 19.4. The van der Waals surface area contributed by atoms with E-state index in [9.17, 15) is 22.8 Å². The highest BCUT2D eigenvalue weighted by Crippen LogP contribution is 2.35. The molecule has 1 unspecified atom stereocenters. The predicted octanol–water partition coefficient (Wildman–Crippen LogP) is 0.787. The van der Waals surface area contributed by atoms with Gasteiger partial charge in [0, 0.05) is 24.7 Å². The number of nitrogens with one attached hydrogen (secondary N) is 1. The molecule has 130 valence electrons. The van der Waals surface area contributed by atoms with Crippen LogP contribution in [0.5, 0.6) is 0 Å². The third-order valence-electron chi connectivity index (χ3n) is 4.07. The highest BCUT2D eigenvalue weighted by Gasteiger charge is 2.45. The maximum atomic E-state index is 13.0. The van der Waals surface area contributed by atoms with Crippen molar-refractivity contribution < 1.29 is 22.8 Å². The molecule has 0 bridgehead atoms. The Balaban J connectivity index is 1.97. The Labute approximate surface area is 135 Å². The Hall–Kier alpha value is -2.36. The third kappa shape index (κ3) is 3.28. The molecule has 1 aliphatic heterocycles. The monoisotopic (exact) mass is 343 g/mol. The molecule has 0 saturated heterocycles. The number of halogens is 3. The zero-order valence-corrected chi connectivity index (χ0v) is 12.6. The molecule has 1 atom stereocenters. The summed E-state index contributed by atoms with van der Waals surface area (Å²) < 4.78 is 40.7. The number of nitrogens with two attached hydrogens (primary N) is 1. The Morgan fingerprint density at radius 1 is 1.46 bits per heavy atom. The van der Waals surface area contributed by atoms with E-state index in [0.717, 1.165) is 12.8 Å². The van der Waals surface area contributed by atoms with Gasteiger partial charge in [0.05, 0.1) is 5.69 Å². The first-order chi connectivity index (χ1) is 11.3. The lowest BCUT2D eigenvalue weighted by molar-refractivity contribution is -0.161. The zero-order valence-electron chi connectivity index (χ0n) is 12.6. The largest absolute Gasteiger partial charge is 0.408 e. The van der Waals surface area contributed by atoms with Gasteiger partial charge >= 0.3 is 6.18 Å². The van der Waals surface area contributed by atoms with Gasteiger partial charge in [-0.15, -0.1) is 0 Å². The molecular weight excluding hydrogens is 327 g/mol. The summed E-state index contributed by atoms with van der Waals surface area (Å²) in [4.78, 5) is 22.9. The molecule has 24 heavy (non-hydrogen) atoms. The van der Waals surface area contributed by atoms with Crippen LogP contribution in [0.1, 0.15) is 25.0 Å². The van der Waals surface area contributed by atoms with E-state index >= 15 is 0 Å². The van der Waals surface area contributed by atoms with E-state index in [1.807, 2.05) is 5.32 Å². The lowest BCUT2D eigenvalue weighted by Crippen LogP contribution is -2.52. The molecule has 0 radical (unpaired) electrons. The van der Waals surface area contributed by atoms with Crippen LogP contribution in [0.4, 0.5) is 13.2 Å². The standard InChI is InChI=1S/C14H16F3N5O2/c15-14(16,17)11-5-9(12(13(24)19-11)22(18)7-23)10-3-4-21(20-10)6-8-1-2-8/h3-4,7-8,11H,1-2,5-6,18H2,(H,19,24). The lowest BCUT2D eigenvalue weighted by atomic mass is 9.96. The zero-order chi connectivity index (χ0) is 17.5. The molecule has 1 aromatic heterocycles. The molecule has 1 saturated carbocycles. The molecule has 1 aromatic rings. The van der Waals surface area contributed by atoms with Crippen LogP contribution < -0.4 is 11.2 Å². The molecule has 2 heterocycles. The summed E-state index contributed by atoms with van der Waals surface area (Å²) in [5, 5.41) is 6.56. The van der Waals surface area contributed by atoms with E-state index in [1.165, 1.54) is 6.07 Å². The van der Waals surface area contributed by atoms with Gasteiger partial charge in [-0.05, 0) is 24.8 Å². The van der Waals surface area contributed by atoms with E-state index < -0.39 is 24.5 Å². The van der Waals surface area contributed by atoms with E-state index in [1.54, 1.807) is 10.9 Å². The van der Waals surface area contributed by atoms with E-state index in [0.29, 0.717) is 17.5 Å². The topological polar surface area (TPSA) is 93.2 Å². The minimum absolute atomic E-state index is 0.00484. The minimum Gasteiger partial charge on any atom is -0.339 e. The van der Waals surface area contributed by atoms with Crippen LogP contribution in [0.25, 0.3) is 5.57 Å². The van der Waals surface area contributed by atoms with Crippen molar-refractivity contribution in [2.45, 2.75) is 38.0 Å². The van der Waals surface area contributed by atoms with Gasteiger partial charge in [-0.2, -0.15) is 18.3 Å². The Morgan fingerprint density at radius 3 is 2.75 bits per heavy atom. The van der Waals surface area contributed by atoms with E-state index in [-0.39, 0.29) is 23.4 Å².